The summed E-state index contributed by atoms with van der Waals surface area (Å²) in [5.74, 6) is 1.45. The Balaban J connectivity index is 1.74. The van der Waals surface area contributed by atoms with Gasteiger partial charge in [0, 0.05) is 30.0 Å². The van der Waals surface area contributed by atoms with Crippen molar-refractivity contribution in [2.75, 3.05) is 31.9 Å². The highest BCUT2D eigenvalue weighted by atomic mass is 35.5. The maximum absolute atomic E-state index is 12.7. The summed E-state index contributed by atoms with van der Waals surface area (Å²) in [5.41, 5.74) is 6.85. The predicted octanol–water partition coefficient (Wildman–Crippen LogP) is 2.95. The Kier molecular flexibility index (Phi) is 5.94. The molecule has 0 saturated carbocycles. The number of halogens is 1. The topological polar surface area (TPSA) is 75.4 Å². The number of benzene rings is 1. The van der Waals surface area contributed by atoms with Gasteiger partial charge in [-0.3, -0.25) is 9.69 Å². The SMILES string of the molecule is CCN(CC)C(=O)C1CCCN(Cc2nc(N)c3ccc(Cl)cc3n2)C1. The lowest BCUT2D eigenvalue weighted by Gasteiger charge is -2.34. The summed E-state index contributed by atoms with van der Waals surface area (Å²) in [6, 6.07) is 5.44. The van der Waals surface area contributed by atoms with Crippen LogP contribution in [0.1, 0.15) is 32.5 Å². The number of carbonyl (C=O) groups excluding carboxylic acids is 1. The van der Waals surface area contributed by atoms with Crippen LogP contribution in [0.4, 0.5) is 5.82 Å². The molecule has 1 saturated heterocycles. The van der Waals surface area contributed by atoms with Gasteiger partial charge in [0.25, 0.3) is 0 Å². The molecule has 1 aliphatic rings. The Morgan fingerprint density at radius 1 is 1.35 bits per heavy atom. The third-order valence-corrected chi connectivity index (χ3v) is 5.26. The molecule has 6 nitrogen and oxygen atoms in total. The van der Waals surface area contributed by atoms with Crippen molar-refractivity contribution in [2.24, 2.45) is 5.92 Å². The molecule has 0 spiro atoms. The second-order valence-electron chi connectivity index (χ2n) is 6.77. The van der Waals surface area contributed by atoms with E-state index in [1.54, 1.807) is 12.1 Å². The fourth-order valence-electron chi connectivity index (χ4n) is 3.64. The van der Waals surface area contributed by atoms with Gasteiger partial charge in [0.1, 0.15) is 11.6 Å². The molecule has 0 radical (unpaired) electrons. The first-order valence-corrected chi connectivity index (χ1v) is 9.62. The minimum absolute atomic E-state index is 0.0518. The van der Waals surface area contributed by atoms with Crippen LogP contribution in [0.25, 0.3) is 10.9 Å². The number of nitrogens with zero attached hydrogens (tertiary/aromatic N) is 4. The number of amides is 1. The number of fused-ring (bicyclic) bond motifs is 1. The lowest BCUT2D eigenvalue weighted by atomic mass is 9.96. The Morgan fingerprint density at radius 2 is 2.12 bits per heavy atom. The van der Waals surface area contributed by atoms with Crippen molar-refractivity contribution in [3.05, 3.63) is 29.0 Å². The second kappa shape index (κ2) is 8.18. The average molecular weight is 376 g/mol. The third-order valence-electron chi connectivity index (χ3n) is 5.03. The van der Waals surface area contributed by atoms with Gasteiger partial charge in [-0.15, -0.1) is 0 Å². The molecule has 1 aromatic heterocycles. The molecule has 1 aliphatic heterocycles. The van der Waals surface area contributed by atoms with E-state index in [1.165, 1.54) is 0 Å². The van der Waals surface area contributed by atoms with Gasteiger partial charge in [-0.2, -0.15) is 0 Å². The molecule has 0 bridgehead atoms. The molecule has 1 amide bonds. The fraction of sp³-hybridized carbons (Fsp3) is 0.526. The molecule has 26 heavy (non-hydrogen) atoms. The van der Waals surface area contributed by atoms with E-state index in [0.717, 1.165) is 49.9 Å². The molecule has 7 heteroatoms. The van der Waals surface area contributed by atoms with E-state index in [9.17, 15) is 4.79 Å². The van der Waals surface area contributed by atoms with Crippen molar-refractivity contribution in [2.45, 2.75) is 33.2 Å². The molecular weight excluding hydrogens is 350 g/mol. The normalized spacial score (nSPS) is 18.2. The van der Waals surface area contributed by atoms with Crippen molar-refractivity contribution in [1.82, 2.24) is 19.8 Å². The van der Waals surface area contributed by atoms with E-state index >= 15 is 0 Å². The molecule has 1 aromatic carbocycles. The highest BCUT2D eigenvalue weighted by Crippen LogP contribution is 2.24. The summed E-state index contributed by atoms with van der Waals surface area (Å²) in [5, 5.41) is 1.44. The first-order chi connectivity index (χ1) is 12.5. The van der Waals surface area contributed by atoms with Crippen molar-refractivity contribution in [3.63, 3.8) is 0 Å². The van der Waals surface area contributed by atoms with Crippen LogP contribution >= 0.6 is 11.6 Å². The molecule has 2 heterocycles. The predicted molar refractivity (Wildman–Crippen MR) is 105 cm³/mol. The lowest BCUT2D eigenvalue weighted by molar-refractivity contribution is -0.137. The van der Waals surface area contributed by atoms with Crippen molar-refractivity contribution < 1.29 is 4.79 Å². The van der Waals surface area contributed by atoms with E-state index in [-0.39, 0.29) is 11.8 Å². The van der Waals surface area contributed by atoms with Crippen LogP contribution < -0.4 is 5.73 Å². The van der Waals surface area contributed by atoms with Crippen molar-refractivity contribution in [3.8, 4) is 0 Å². The number of anilines is 1. The lowest BCUT2D eigenvalue weighted by Crippen LogP contribution is -2.44. The zero-order valence-electron chi connectivity index (χ0n) is 15.4. The summed E-state index contributed by atoms with van der Waals surface area (Å²) < 4.78 is 0. The van der Waals surface area contributed by atoms with Crippen LogP contribution in [0.15, 0.2) is 18.2 Å². The average Bonchev–Trinajstić information content (AvgIpc) is 2.62. The van der Waals surface area contributed by atoms with E-state index in [1.807, 2.05) is 24.8 Å². The highest BCUT2D eigenvalue weighted by Gasteiger charge is 2.28. The zero-order chi connectivity index (χ0) is 18.7. The maximum atomic E-state index is 12.7. The van der Waals surface area contributed by atoms with Gasteiger partial charge in [0.2, 0.25) is 5.91 Å². The van der Waals surface area contributed by atoms with Crippen LogP contribution in [0.2, 0.25) is 5.02 Å². The number of carbonyl (C=O) groups is 1. The van der Waals surface area contributed by atoms with Crippen LogP contribution in [0, 0.1) is 5.92 Å². The molecule has 3 rings (SSSR count). The van der Waals surface area contributed by atoms with Gasteiger partial charge in [0.05, 0.1) is 18.0 Å². The van der Waals surface area contributed by atoms with Crippen molar-refractivity contribution in [1.29, 1.82) is 0 Å². The Hall–Kier alpha value is -1.92. The van der Waals surface area contributed by atoms with Gasteiger partial charge in [-0.1, -0.05) is 11.6 Å². The van der Waals surface area contributed by atoms with E-state index in [4.69, 9.17) is 17.3 Å². The van der Waals surface area contributed by atoms with Crippen LogP contribution in [0.3, 0.4) is 0 Å². The second-order valence-corrected chi connectivity index (χ2v) is 7.21. The Bertz CT molecular complexity index is 793. The number of piperidine rings is 1. The monoisotopic (exact) mass is 375 g/mol. The quantitative estimate of drug-likeness (QED) is 0.869. The van der Waals surface area contributed by atoms with Gasteiger partial charge >= 0.3 is 0 Å². The summed E-state index contributed by atoms with van der Waals surface area (Å²) in [6.45, 7) is 7.85. The Morgan fingerprint density at radius 3 is 2.85 bits per heavy atom. The first-order valence-electron chi connectivity index (χ1n) is 9.24. The number of nitrogens with two attached hydrogens (primary N) is 1. The van der Waals surface area contributed by atoms with Crippen LogP contribution in [-0.4, -0.2) is 51.9 Å². The molecule has 140 valence electrons. The van der Waals surface area contributed by atoms with E-state index in [2.05, 4.69) is 14.9 Å². The van der Waals surface area contributed by atoms with Gasteiger partial charge in [-0.05, 0) is 51.4 Å². The summed E-state index contributed by atoms with van der Waals surface area (Å²) in [4.78, 5) is 25.9. The Labute approximate surface area is 159 Å². The molecular formula is C19H26ClN5O. The number of hydrogen-bond acceptors (Lipinski definition) is 5. The fourth-order valence-corrected chi connectivity index (χ4v) is 3.81. The number of likely N-dealkylation sites (tertiary alicyclic amines) is 1. The number of hydrogen-bond donors (Lipinski definition) is 1. The molecule has 0 aliphatic carbocycles. The number of nitrogen functional groups attached to an aromatic ring is 1. The van der Waals surface area contributed by atoms with Crippen molar-refractivity contribution >= 4 is 34.2 Å². The number of aromatic nitrogens is 2. The number of rotatable bonds is 5. The maximum Gasteiger partial charge on any atom is 0.226 e. The largest absolute Gasteiger partial charge is 0.383 e. The minimum atomic E-state index is 0.0518. The third kappa shape index (κ3) is 4.07. The minimum Gasteiger partial charge on any atom is -0.383 e. The van der Waals surface area contributed by atoms with Crippen LogP contribution in [-0.2, 0) is 11.3 Å². The highest BCUT2D eigenvalue weighted by molar-refractivity contribution is 6.31. The molecule has 1 unspecified atom stereocenters. The summed E-state index contributed by atoms with van der Waals surface area (Å²) in [7, 11) is 0. The van der Waals surface area contributed by atoms with E-state index in [0.29, 0.717) is 23.2 Å². The molecule has 2 aromatic rings. The zero-order valence-corrected chi connectivity index (χ0v) is 16.2. The summed E-state index contributed by atoms with van der Waals surface area (Å²) >= 11 is 6.07. The standard InChI is InChI=1S/C19H26ClN5O/c1-3-25(4-2)19(26)13-6-5-9-24(11-13)12-17-22-16-10-14(20)7-8-15(16)18(21)23-17/h7-8,10,13H,3-6,9,11-12H2,1-2H3,(H2,21,22,23). The van der Waals surface area contributed by atoms with Crippen LogP contribution in [0.5, 0.6) is 0 Å². The first kappa shape index (κ1) is 18.9. The molecule has 1 fully saturated rings. The smallest absolute Gasteiger partial charge is 0.226 e. The summed E-state index contributed by atoms with van der Waals surface area (Å²) in [6.07, 6.45) is 1.95. The van der Waals surface area contributed by atoms with Gasteiger partial charge in [0.15, 0.2) is 0 Å². The molecule has 1 atom stereocenters. The van der Waals surface area contributed by atoms with E-state index < -0.39 is 0 Å². The molecule has 2 N–H and O–H groups in total. The van der Waals surface area contributed by atoms with Gasteiger partial charge in [-0.25, -0.2) is 9.97 Å². The van der Waals surface area contributed by atoms with Gasteiger partial charge < -0.3 is 10.6 Å².